The second-order valence-corrected chi connectivity index (χ2v) is 6.24. The fourth-order valence-corrected chi connectivity index (χ4v) is 2.97. The third kappa shape index (κ3) is 4.05. The van der Waals surface area contributed by atoms with Crippen molar-refractivity contribution in [2.75, 3.05) is 0 Å². The van der Waals surface area contributed by atoms with Gasteiger partial charge in [0, 0.05) is 16.6 Å². The quantitative estimate of drug-likeness (QED) is 0.886. The fourth-order valence-electron chi connectivity index (χ4n) is 2.71. The summed E-state index contributed by atoms with van der Waals surface area (Å²) in [5.41, 5.74) is 1.27. The first-order valence-corrected chi connectivity index (χ1v) is 7.60. The molecule has 0 aromatic heterocycles. The van der Waals surface area contributed by atoms with E-state index >= 15 is 0 Å². The summed E-state index contributed by atoms with van der Waals surface area (Å²) in [7, 11) is 0. The molecule has 0 heterocycles. The highest BCUT2D eigenvalue weighted by Gasteiger charge is 2.26. The number of hydrogen-bond acceptors (Lipinski definition) is 2. The second-order valence-electron chi connectivity index (χ2n) is 5.33. The molecule has 1 aromatic carbocycles. The summed E-state index contributed by atoms with van der Waals surface area (Å²) in [5.74, 6) is -0.777. The maximum atomic E-state index is 10.9. The van der Waals surface area contributed by atoms with E-state index in [4.69, 9.17) is 5.11 Å². The molecule has 1 fully saturated rings. The van der Waals surface area contributed by atoms with E-state index < -0.39 is 5.97 Å². The Bertz CT molecular complexity index is 424. The van der Waals surface area contributed by atoms with Crippen LogP contribution in [0.25, 0.3) is 0 Å². The minimum Gasteiger partial charge on any atom is -0.481 e. The molecular formula is C15H20BrNO2. The van der Waals surface area contributed by atoms with Crippen LogP contribution in [0.2, 0.25) is 0 Å². The Balaban J connectivity index is 1.85. The van der Waals surface area contributed by atoms with E-state index in [0.29, 0.717) is 12.1 Å². The lowest BCUT2D eigenvalue weighted by Gasteiger charge is -2.29. The van der Waals surface area contributed by atoms with Crippen LogP contribution < -0.4 is 5.32 Å². The van der Waals surface area contributed by atoms with Gasteiger partial charge in [0.25, 0.3) is 0 Å². The lowest BCUT2D eigenvalue weighted by Crippen LogP contribution is -2.36. The van der Waals surface area contributed by atoms with Crippen LogP contribution in [0.15, 0.2) is 28.7 Å². The maximum absolute atomic E-state index is 10.9. The summed E-state index contributed by atoms with van der Waals surface area (Å²) in [5, 5.41) is 12.6. The van der Waals surface area contributed by atoms with E-state index in [2.05, 4.69) is 52.4 Å². The van der Waals surface area contributed by atoms with Gasteiger partial charge in [0.2, 0.25) is 0 Å². The highest BCUT2D eigenvalue weighted by molar-refractivity contribution is 9.10. The Morgan fingerprint density at radius 1 is 1.26 bits per heavy atom. The van der Waals surface area contributed by atoms with Crippen LogP contribution in [-0.2, 0) is 4.79 Å². The molecule has 0 saturated heterocycles. The van der Waals surface area contributed by atoms with E-state index in [-0.39, 0.29) is 5.92 Å². The van der Waals surface area contributed by atoms with Crippen molar-refractivity contribution in [2.45, 2.75) is 44.7 Å². The van der Waals surface area contributed by atoms with Gasteiger partial charge in [0.05, 0.1) is 5.92 Å². The maximum Gasteiger partial charge on any atom is 0.306 e. The minimum atomic E-state index is -0.639. The molecule has 1 atom stereocenters. The van der Waals surface area contributed by atoms with Crippen LogP contribution in [-0.4, -0.2) is 17.1 Å². The third-order valence-corrected chi connectivity index (χ3v) is 4.46. The zero-order valence-corrected chi connectivity index (χ0v) is 12.7. The van der Waals surface area contributed by atoms with Gasteiger partial charge < -0.3 is 10.4 Å². The molecule has 1 aliphatic carbocycles. The number of carboxylic acid groups (broad SMARTS) is 1. The highest BCUT2D eigenvalue weighted by atomic mass is 79.9. The zero-order valence-electron chi connectivity index (χ0n) is 11.1. The van der Waals surface area contributed by atoms with Crippen LogP contribution in [0, 0.1) is 5.92 Å². The number of nitrogens with one attached hydrogen (secondary N) is 1. The Morgan fingerprint density at radius 2 is 1.84 bits per heavy atom. The first-order valence-electron chi connectivity index (χ1n) is 6.80. The summed E-state index contributed by atoms with van der Waals surface area (Å²) in [6.07, 6.45) is 3.50. The number of aliphatic carboxylic acids is 1. The first kappa shape index (κ1) is 14.5. The average molecular weight is 326 g/mol. The summed E-state index contributed by atoms with van der Waals surface area (Å²) >= 11 is 3.44. The lowest BCUT2D eigenvalue weighted by atomic mass is 9.85. The normalized spacial score (nSPS) is 24.9. The Hall–Kier alpha value is -0.870. The van der Waals surface area contributed by atoms with E-state index in [1.54, 1.807) is 0 Å². The van der Waals surface area contributed by atoms with Crippen molar-refractivity contribution >= 4 is 21.9 Å². The molecule has 0 aliphatic heterocycles. The molecule has 1 aromatic rings. The topological polar surface area (TPSA) is 49.3 Å². The number of rotatable bonds is 4. The van der Waals surface area contributed by atoms with Crippen molar-refractivity contribution in [2.24, 2.45) is 5.92 Å². The number of halogens is 1. The smallest absolute Gasteiger partial charge is 0.306 e. The van der Waals surface area contributed by atoms with Crippen molar-refractivity contribution < 1.29 is 9.90 Å². The van der Waals surface area contributed by atoms with E-state index in [9.17, 15) is 4.79 Å². The molecular weight excluding hydrogens is 306 g/mol. The van der Waals surface area contributed by atoms with Gasteiger partial charge in [-0.15, -0.1) is 0 Å². The van der Waals surface area contributed by atoms with Gasteiger partial charge in [-0.05, 0) is 50.3 Å². The van der Waals surface area contributed by atoms with E-state index in [1.807, 2.05) is 0 Å². The Morgan fingerprint density at radius 3 is 2.37 bits per heavy atom. The van der Waals surface area contributed by atoms with Gasteiger partial charge in [-0.2, -0.15) is 0 Å². The molecule has 2 N–H and O–H groups in total. The van der Waals surface area contributed by atoms with Crippen molar-refractivity contribution in [3.63, 3.8) is 0 Å². The van der Waals surface area contributed by atoms with Gasteiger partial charge in [0.1, 0.15) is 0 Å². The number of carbonyl (C=O) groups is 1. The lowest BCUT2D eigenvalue weighted by molar-refractivity contribution is -0.142. The SMILES string of the molecule is C[C@@H](NC1CCC(C(=O)O)CC1)c1ccc(Br)cc1. The van der Waals surface area contributed by atoms with Gasteiger partial charge >= 0.3 is 5.97 Å². The number of hydrogen-bond donors (Lipinski definition) is 2. The van der Waals surface area contributed by atoms with E-state index in [0.717, 1.165) is 30.2 Å². The second kappa shape index (κ2) is 6.53. The largest absolute Gasteiger partial charge is 0.481 e. The van der Waals surface area contributed by atoms with E-state index in [1.165, 1.54) is 5.56 Å². The number of carboxylic acids is 1. The first-order chi connectivity index (χ1) is 9.06. The van der Waals surface area contributed by atoms with Crippen LogP contribution in [0.1, 0.15) is 44.2 Å². The molecule has 0 bridgehead atoms. The summed E-state index contributed by atoms with van der Waals surface area (Å²) in [4.78, 5) is 10.9. The molecule has 0 spiro atoms. The van der Waals surface area contributed by atoms with Crippen LogP contribution in [0.5, 0.6) is 0 Å². The molecule has 0 radical (unpaired) electrons. The van der Waals surface area contributed by atoms with Crippen LogP contribution in [0.4, 0.5) is 0 Å². The summed E-state index contributed by atoms with van der Waals surface area (Å²) in [6, 6.07) is 9.08. The average Bonchev–Trinajstić information content (AvgIpc) is 2.40. The van der Waals surface area contributed by atoms with Crippen molar-refractivity contribution in [1.82, 2.24) is 5.32 Å². The van der Waals surface area contributed by atoms with Crippen molar-refractivity contribution in [3.8, 4) is 0 Å². The van der Waals surface area contributed by atoms with Gasteiger partial charge in [-0.1, -0.05) is 28.1 Å². The number of benzene rings is 1. The standard InChI is InChI=1S/C15H20BrNO2/c1-10(11-2-6-13(16)7-3-11)17-14-8-4-12(5-9-14)15(18)19/h2-3,6-7,10,12,14,17H,4-5,8-9H2,1H3,(H,18,19)/t10-,12?,14?/m1/s1. The summed E-state index contributed by atoms with van der Waals surface area (Å²) in [6.45, 7) is 2.16. The third-order valence-electron chi connectivity index (χ3n) is 3.93. The zero-order chi connectivity index (χ0) is 13.8. The monoisotopic (exact) mass is 325 g/mol. The van der Waals surface area contributed by atoms with Gasteiger partial charge in [0.15, 0.2) is 0 Å². The predicted molar refractivity (Wildman–Crippen MR) is 79.1 cm³/mol. The van der Waals surface area contributed by atoms with Crippen LogP contribution >= 0.6 is 15.9 Å². The molecule has 3 nitrogen and oxygen atoms in total. The van der Waals surface area contributed by atoms with Gasteiger partial charge in [-0.25, -0.2) is 0 Å². The molecule has 104 valence electrons. The molecule has 0 unspecified atom stereocenters. The Labute approximate surface area is 122 Å². The Kier molecular flexibility index (Phi) is 4.99. The van der Waals surface area contributed by atoms with Crippen molar-refractivity contribution in [1.29, 1.82) is 0 Å². The minimum absolute atomic E-state index is 0.138. The molecule has 2 rings (SSSR count). The molecule has 4 heteroatoms. The van der Waals surface area contributed by atoms with Gasteiger partial charge in [-0.3, -0.25) is 4.79 Å². The highest BCUT2D eigenvalue weighted by Crippen LogP contribution is 2.26. The molecule has 1 saturated carbocycles. The summed E-state index contributed by atoms with van der Waals surface area (Å²) < 4.78 is 1.09. The molecule has 1 aliphatic rings. The molecule has 19 heavy (non-hydrogen) atoms. The molecule has 0 amide bonds. The van der Waals surface area contributed by atoms with Crippen LogP contribution in [0.3, 0.4) is 0 Å². The predicted octanol–water partition coefficient (Wildman–Crippen LogP) is 3.74. The van der Waals surface area contributed by atoms with Crippen molar-refractivity contribution in [3.05, 3.63) is 34.3 Å². The fraction of sp³-hybridized carbons (Fsp3) is 0.533.